The molecule has 0 atom stereocenters. The van der Waals surface area contributed by atoms with Crippen molar-refractivity contribution in [2.45, 2.75) is 4.90 Å². The fourth-order valence-corrected chi connectivity index (χ4v) is 3.73. The van der Waals surface area contributed by atoms with Crippen molar-refractivity contribution in [3.63, 3.8) is 0 Å². The Balaban J connectivity index is 1.71. The normalized spacial score (nSPS) is 11.2. The number of carbonyl (C=O) groups excluding carboxylic acids is 1. The van der Waals surface area contributed by atoms with Crippen molar-refractivity contribution < 1.29 is 22.9 Å². The number of hydrazone groups is 1. The van der Waals surface area contributed by atoms with Gasteiger partial charge in [0.2, 0.25) is 0 Å². The second kappa shape index (κ2) is 9.71. The first-order valence-electron chi connectivity index (χ1n) is 9.13. The van der Waals surface area contributed by atoms with E-state index in [0.717, 1.165) is 0 Å². The van der Waals surface area contributed by atoms with E-state index in [1.54, 1.807) is 30.3 Å². The Kier molecular flexibility index (Phi) is 6.80. The molecular formula is C21H18N4O6S. The van der Waals surface area contributed by atoms with Gasteiger partial charge in [0.05, 0.1) is 23.1 Å². The van der Waals surface area contributed by atoms with Crippen LogP contribution in [0.3, 0.4) is 0 Å². The number of anilines is 1. The van der Waals surface area contributed by atoms with Gasteiger partial charge in [0.15, 0.2) is 0 Å². The molecule has 0 spiro atoms. The van der Waals surface area contributed by atoms with Crippen LogP contribution >= 0.6 is 0 Å². The third-order valence-electron chi connectivity index (χ3n) is 4.21. The smallest absolute Gasteiger partial charge is 0.271 e. The van der Waals surface area contributed by atoms with Crippen molar-refractivity contribution in [3.05, 3.63) is 94.0 Å². The number of sulfonamides is 1. The highest BCUT2D eigenvalue weighted by Crippen LogP contribution is 2.20. The molecule has 0 saturated heterocycles. The van der Waals surface area contributed by atoms with Gasteiger partial charge in [-0.05, 0) is 42.5 Å². The van der Waals surface area contributed by atoms with E-state index in [1.807, 2.05) is 0 Å². The van der Waals surface area contributed by atoms with E-state index < -0.39 is 20.9 Å². The monoisotopic (exact) mass is 454 g/mol. The number of hydrogen-bond acceptors (Lipinski definition) is 7. The first-order chi connectivity index (χ1) is 15.3. The van der Waals surface area contributed by atoms with Crippen LogP contribution < -0.4 is 14.9 Å². The number of nitro groups is 1. The topological polar surface area (TPSA) is 140 Å². The molecule has 3 rings (SSSR count). The molecule has 2 N–H and O–H groups in total. The summed E-state index contributed by atoms with van der Waals surface area (Å²) in [5.41, 5.74) is 2.98. The molecule has 0 radical (unpaired) electrons. The van der Waals surface area contributed by atoms with Crippen molar-refractivity contribution in [1.29, 1.82) is 0 Å². The Labute approximate surface area is 183 Å². The fourth-order valence-electron chi connectivity index (χ4n) is 2.63. The number of nitrogens with zero attached hydrogens (tertiary/aromatic N) is 2. The summed E-state index contributed by atoms with van der Waals surface area (Å²) in [5.74, 6) is -0.0644. The third kappa shape index (κ3) is 5.67. The molecule has 10 nitrogen and oxygen atoms in total. The summed E-state index contributed by atoms with van der Waals surface area (Å²) >= 11 is 0. The maximum atomic E-state index is 12.7. The molecule has 0 aromatic heterocycles. The van der Waals surface area contributed by atoms with Gasteiger partial charge in [0.1, 0.15) is 5.75 Å². The predicted molar refractivity (Wildman–Crippen MR) is 118 cm³/mol. The second-order valence-corrected chi connectivity index (χ2v) is 8.10. The number of methoxy groups -OCH3 is 1. The highest BCUT2D eigenvalue weighted by Gasteiger charge is 2.16. The number of ether oxygens (including phenoxy) is 1. The van der Waals surface area contributed by atoms with E-state index in [1.165, 1.54) is 55.8 Å². The lowest BCUT2D eigenvalue weighted by Gasteiger charge is -2.09. The molecule has 0 heterocycles. The van der Waals surface area contributed by atoms with Crippen molar-refractivity contribution in [2.75, 3.05) is 11.8 Å². The highest BCUT2D eigenvalue weighted by atomic mass is 32.2. The maximum absolute atomic E-state index is 12.7. The van der Waals surface area contributed by atoms with Crippen LogP contribution in [-0.2, 0) is 10.0 Å². The quantitative estimate of drug-likeness (QED) is 0.304. The van der Waals surface area contributed by atoms with Crippen LogP contribution in [-0.4, -0.2) is 32.6 Å². The molecule has 164 valence electrons. The number of hydrogen-bond donors (Lipinski definition) is 2. The minimum absolute atomic E-state index is 0.0683. The molecule has 1 amide bonds. The molecular weight excluding hydrogens is 436 g/mol. The van der Waals surface area contributed by atoms with Gasteiger partial charge in [-0.3, -0.25) is 19.6 Å². The number of carbonyl (C=O) groups is 1. The van der Waals surface area contributed by atoms with Crippen LogP contribution in [0.5, 0.6) is 5.75 Å². The van der Waals surface area contributed by atoms with Crippen LogP contribution in [0, 0.1) is 10.1 Å². The molecule has 0 bridgehead atoms. The summed E-state index contributed by atoms with van der Waals surface area (Å²) in [4.78, 5) is 22.5. The van der Waals surface area contributed by atoms with Gasteiger partial charge in [0, 0.05) is 28.9 Å². The van der Waals surface area contributed by atoms with Gasteiger partial charge in [-0.1, -0.05) is 18.2 Å². The Bertz CT molecular complexity index is 1270. The largest absolute Gasteiger partial charge is 0.497 e. The Morgan fingerprint density at radius 2 is 1.78 bits per heavy atom. The number of non-ortho nitro benzene ring substituents is 1. The predicted octanol–water partition coefficient (Wildman–Crippen LogP) is 3.17. The second-order valence-electron chi connectivity index (χ2n) is 6.41. The van der Waals surface area contributed by atoms with Crippen LogP contribution in [0.2, 0.25) is 0 Å². The maximum Gasteiger partial charge on any atom is 0.271 e. The zero-order chi connectivity index (χ0) is 23.1. The molecule has 0 saturated carbocycles. The lowest BCUT2D eigenvalue weighted by Crippen LogP contribution is -2.19. The summed E-state index contributed by atoms with van der Waals surface area (Å²) in [6.07, 6.45) is 1.25. The molecule has 0 aliphatic heterocycles. The Hall–Kier alpha value is -4.25. The summed E-state index contributed by atoms with van der Waals surface area (Å²) < 4.78 is 32.8. The number of amides is 1. The van der Waals surface area contributed by atoms with Crippen LogP contribution in [0.25, 0.3) is 0 Å². The first kappa shape index (κ1) is 22.4. The molecule has 0 unspecified atom stereocenters. The molecule has 3 aromatic carbocycles. The van der Waals surface area contributed by atoms with Gasteiger partial charge in [-0.2, -0.15) is 5.10 Å². The van der Waals surface area contributed by atoms with Gasteiger partial charge < -0.3 is 4.74 Å². The van der Waals surface area contributed by atoms with Gasteiger partial charge in [-0.25, -0.2) is 13.8 Å². The van der Waals surface area contributed by atoms with Crippen molar-refractivity contribution in [1.82, 2.24) is 5.43 Å². The van der Waals surface area contributed by atoms with Gasteiger partial charge >= 0.3 is 0 Å². The van der Waals surface area contributed by atoms with Crippen LogP contribution in [0.4, 0.5) is 11.4 Å². The average Bonchev–Trinajstić information content (AvgIpc) is 2.79. The summed E-state index contributed by atoms with van der Waals surface area (Å²) in [7, 11) is -2.43. The molecule has 0 aliphatic carbocycles. The Morgan fingerprint density at radius 3 is 2.47 bits per heavy atom. The number of nitrogens with one attached hydrogen (secondary N) is 2. The van der Waals surface area contributed by atoms with Crippen molar-refractivity contribution in [2.24, 2.45) is 5.10 Å². The minimum Gasteiger partial charge on any atom is -0.497 e. The number of rotatable bonds is 8. The van der Waals surface area contributed by atoms with E-state index in [4.69, 9.17) is 4.74 Å². The molecule has 3 aromatic rings. The zero-order valence-corrected chi connectivity index (χ0v) is 17.6. The third-order valence-corrected chi connectivity index (χ3v) is 5.59. The zero-order valence-electron chi connectivity index (χ0n) is 16.8. The number of benzene rings is 3. The molecule has 0 fully saturated rings. The van der Waals surface area contributed by atoms with Crippen molar-refractivity contribution in [3.8, 4) is 5.75 Å². The lowest BCUT2D eigenvalue weighted by atomic mass is 10.2. The highest BCUT2D eigenvalue weighted by molar-refractivity contribution is 7.92. The summed E-state index contributed by atoms with van der Waals surface area (Å²) in [5, 5.41) is 14.6. The van der Waals surface area contributed by atoms with Gasteiger partial charge in [-0.15, -0.1) is 0 Å². The van der Waals surface area contributed by atoms with Crippen LogP contribution in [0.15, 0.2) is 82.8 Å². The average molecular weight is 454 g/mol. The molecule has 32 heavy (non-hydrogen) atoms. The van der Waals surface area contributed by atoms with Gasteiger partial charge in [0.25, 0.3) is 21.6 Å². The summed E-state index contributed by atoms with van der Waals surface area (Å²) in [6.45, 7) is 0. The standard InChI is InChI=1S/C21H18N4O6S/c1-31-19-10-8-17(9-11-19)24-32(29,30)20-7-3-5-16(13-20)21(26)23-22-14-15-4-2-6-18(12-15)25(27)28/h2-14,24H,1H3,(H,23,26)/b22-14+. The van der Waals surface area contributed by atoms with Crippen LogP contribution in [0.1, 0.15) is 15.9 Å². The molecule has 11 heteroatoms. The van der Waals surface area contributed by atoms with E-state index in [0.29, 0.717) is 17.0 Å². The SMILES string of the molecule is COc1ccc(NS(=O)(=O)c2cccc(C(=O)N/N=C/c3cccc([N+](=O)[O-])c3)c2)cc1. The minimum atomic E-state index is -3.94. The number of nitro benzene ring substituents is 1. The lowest BCUT2D eigenvalue weighted by molar-refractivity contribution is -0.384. The fraction of sp³-hybridized carbons (Fsp3) is 0.0476. The summed E-state index contributed by atoms with van der Waals surface area (Å²) in [6, 6.07) is 17.5. The molecule has 0 aliphatic rings. The van der Waals surface area contributed by atoms with E-state index >= 15 is 0 Å². The Morgan fingerprint density at radius 1 is 1.06 bits per heavy atom. The van der Waals surface area contributed by atoms with Crippen molar-refractivity contribution >= 4 is 33.5 Å². The van der Waals surface area contributed by atoms with E-state index in [2.05, 4.69) is 15.2 Å². The van der Waals surface area contributed by atoms with E-state index in [-0.39, 0.29) is 16.1 Å². The van der Waals surface area contributed by atoms with E-state index in [9.17, 15) is 23.3 Å². The first-order valence-corrected chi connectivity index (χ1v) is 10.6.